The number of hydrogen-bond acceptors (Lipinski definition) is 3. The van der Waals surface area contributed by atoms with Crippen LogP contribution in [0, 0.1) is 0 Å². The smallest absolute Gasteiger partial charge is 0.291 e. The zero-order valence-electron chi connectivity index (χ0n) is 8.28. The Kier molecular flexibility index (Phi) is 4.08. The molecule has 3 N–H and O–H groups in total. The van der Waals surface area contributed by atoms with E-state index in [2.05, 4.69) is 21.2 Å². The van der Waals surface area contributed by atoms with Crippen molar-refractivity contribution in [3.05, 3.63) is 24.4 Å². The topological polar surface area (TPSA) is 83.1 Å². The number of hydrazine groups is 1. The van der Waals surface area contributed by atoms with Crippen LogP contribution >= 0.6 is 0 Å². The Bertz CT molecular complexity index is 339. The van der Waals surface area contributed by atoms with E-state index in [-0.39, 0.29) is 5.91 Å². The fraction of sp³-hybridized carbons (Fsp3) is 0.222. The molecule has 6 heteroatoms. The maximum atomic E-state index is 11.2. The lowest BCUT2D eigenvalue weighted by Crippen LogP contribution is -2.43. The van der Waals surface area contributed by atoms with Crippen LogP contribution < -0.4 is 16.2 Å². The molecule has 80 valence electrons. The van der Waals surface area contributed by atoms with Gasteiger partial charge in [-0.2, -0.15) is 0 Å². The molecule has 0 bridgehead atoms. The predicted octanol–water partition coefficient (Wildman–Crippen LogP) is 0.644. The van der Waals surface area contributed by atoms with Gasteiger partial charge < -0.3 is 0 Å². The van der Waals surface area contributed by atoms with Crippen molar-refractivity contribution in [2.45, 2.75) is 13.3 Å². The molecule has 0 aliphatic heterocycles. The minimum absolute atomic E-state index is 0.258. The summed E-state index contributed by atoms with van der Waals surface area (Å²) in [4.78, 5) is 25.8. The van der Waals surface area contributed by atoms with Crippen LogP contribution in [0.1, 0.15) is 13.3 Å². The summed E-state index contributed by atoms with van der Waals surface area (Å²) >= 11 is 0. The largest absolute Gasteiger partial charge is 0.339 e. The molecule has 0 saturated carbocycles. The number of anilines is 1. The maximum Gasteiger partial charge on any atom is 0.339 e. The first-order valence-electron chi connectivity index (χ1n) is 4.49. The van der Waals surface area contributed by atoms with Gasteiger partial charge in [0, 0.05) is 12.6 Å². The van der Waals surface area contributed by atoms with Crippen LogP contribution in [0.4, 0.5) is 10.6 Å². The summed E-state index contributed by atoms with van der Waals surface area (Å²) in [5.41, 5.74) is 4.42. The van der Waals surface area contributed by atoms with Gasteiger partial charge in [0.2, 0.25) is 5.91 Å². The molecule has 1 heterocycles. The molecule has 0 spiro atoms. The van der Waals surface area contributed by atoms with Crippen molar-refractivity contribution in [1.29, 1.82) is 0 Å². The highest BCUT2D eigenvalue weighted by molar-refractivity contribution is 5.89. The standard InChI is InChI=1S/C9H12N4O2/c1-2-8(14)12-13-9(15)11-7-5-3-4-6-10-7/h3-6H,2H2,1H3,(H,12,14)(H2,10,11,13,15). The Labute approximate surface area is 87.1 Å². The Hall–Kier alpha value is -2.11. The van der Waals surface area contributed by atoms with Crippen molar-refractivity contribution in [2.24, 2.45) is 0 Å². The third kappa shape index (κ3) is 4.08. The summed E-state index contributed by atoms with van der Waals surface area (Å²) in [5, 5.41) is 2.45. The Morgan fingerprint density at radius 1 is 1.33 bits per heavy atom. The van der Waals surface area contributed by atoms with Crippen molar-refractivity contribution < 1.29 is 9.59 Å². The minimum atomic E-state index is -0.532. The van der Waals surface area contributed by atoms with E-state index in [0.717, 1.165) is 0 Å². The van der Waals surface area contributed by atoms with E-state index in [4.69, 9.17) is 0 Å². The van der Waals surface area contributed by atoms with Crippen molar-refractivity contribution in [3.63, 3.8) is 0 Å². The molecule has 0 aliphatic carbocycles. The number of pyridine rings is 1. The first-order chi connectivity index (χ1) is 7.22. The van der Waals surface area contributed by atoms with E-state index >= 15 is 0 Å². The number of nitrogens with one attached hydrogen (secondary N) is 3. The zero-order valence-corrected chi connectivity index (χ0v) is 8.28. The lowest BCUT2D eigenvalue weighted by molar-refractivity contribution is -0.121. The quantitative estimate of drug-likeness (QED) is 0.624. The summed E-state index contributed by atoms with van der Waals surface area (Å²) in [6.07, 6.45) is 1.87. The molecular formula is C9H12N4O2. The molecular weight excluding hydrogens is 196 g/mol. The number of aromatic nitrogens is 1. The first kappa shape index (κ1) is 11.0. The van der Waals surface area contributed by atoms with Crippen LogP contribution in [0.25, 0.3) is 0 Å². The van der Waals surface area contributed by atoms with Gasteiger partial charge in [0.15, 0.2) is 0 Å². The van der Waals surface area contributed by atoms with E-state index in [9.17, 15) is 9.59 Å². The van der Waals surface area contributed by atoms with E-state index in [1.165, 1.54) is 0 Å². The zero-order chi connectivity index (χ0) is 11.1. The van der Waals surface area contributed by atoms with Crippen LogP contribution in [0.5, 0.6) is 0 Å². The second kappa shape index (κ2) is 5.58. The number of nitrogens with zero attached hydrogens (tertiary/aromatic N) is 1. The van der Waals surface area contributed by atoms with Crippen molar-refractivity contribution in [3.8, 4) is 0 Å². The highest BCUT2D eigenvalue weighted by atomic mass is 16.2. The van der Waals surface area contributed by atoms with Crippen LogP contribution in [0.3, 0.4) is 0 Å². The Morgan fingerprint density at radius 3 is 2.73 bits per heavy atom. The first-order valence-corrected chi connectivity index (χ1v) is 4.49. The number of carbonyl (C=O) groups is 2. The summed E-state index contributed by atoms with van der Waals surface area (Å²) < 4.78 is 0. The molecule has 15 heavy (non-hydrogen) atoms. The summed E-state index contributed by atoms with van der Waals surface area (Å²) in [5.74, 6) is 0.159. The molecule has 0 aromatic carbocycles. The SMILES string of the molecule is CCC(=O)NNC(=O)Nc1ccccn1. The molecule has 3 amide bonds. The molecule has 0 saturated heterocycles. The van der Waals surface area contributed by atoms with Crippen LogP contribution in [0.2, 0.25) is 0 Å². The maximum absolute atomic E-state index is 11.2. The van der Waals surface area contributed by atoms with Gasteiger partial charge in [-0.1, -0.05) is 13.0 Å². The molecule has 0 aliphatic rings. The molecule has 1 rings (SSSR count). The number of amides is 3. The van der Waals surface area contributed by atoms with E-state index in [1.54, 1.807) is 31.3 Å². The van der Waals surface area contributed by atoms with Gasteiger partial charge in [-0.3, -0.25) is 15.5 Å². The number of hydrogen-bond donors (Lipinski definition) is 3. The van der Waals surface area contributed by atoms with Crippen LogP contribution in [-0.2, 0) is 4.79 Å². The Balaban J connectivity index is 2.34. The third-order valence-corrected chi connectivity index (χ3v) is 1.54. The molecule has 0 radical (unpaired) electrons. The summed E-state index contributed by atoms with van der Waals surface area (Å²) in [6.45, 7) is 1.69. The number of carbonyl (C=O) groups excluding carboxylic acids is 2. The summed E-state index contributed by atoms with van der Waals surface area (Å²) in [6, 6.07) is 4.59. The molecule has 0 unspecified atom stereocenters. The molecule has 6 nitrogen and oxygen atoms in total. The van der Waals surface area contributed by atoms with Crippen molar-refractivity contribution >= 4 is 17.8 Å². The van der Waals surface area contributed by atoms with Gasteiger partial charge in [0.05, 0.1) is 0 Å². The lowest BCUT2D eigenvalue weighted by atomic mass is 10.5. The highest BCUT2D eigenvalue weighted by Gasteiger charge is 2.02. The fourth-order valence-electron chi connectivity index (χ4n) is 0.799. The fourth-order valence-corrected chi connectivity index (χ4v) is 0.799. The van der Waals surface area contributed by atoms with Crippen LogP contribution in [0.15, 0.2) is 24.4 Å². The summed E-state index contributed by atoms with van der Waals surface area (Å²) in [7, 11) is 0. The predicted molar refractivity (Wildman–Crippen MR) is 54.8 cm³/mol. The van der Waals surface area contributed by atoms with Gasteiger partial charge in [0.1, 0.15) is 5.82 Å². The number of urea groups is 1. The van der Waals surface area contributed by atoms with Gasteiger partial charge in [-0.15, -0.1) is 0 Å². The molecule has 0 atom stereocenters. The van der Waals surface area contributed by atoms with Gasteiger partial charge in [-0.05, 0) is 12.1 Å². The Morgan fingerprint density at radius 2 is 2.13 bits per heavy atom. The average molecular weight is 208 g/mol. The van der Waals surface area contributed by atoms with E-state index in [1.807, 2.05) is 0 Å². The normalized spacial score (nSPS) is 9.13. The second-order valence-electron chi connectivity index (χ2n) is 2.70. The van der Waals surface area contributed by atoms with Gasteiger partial charge >= 0.3 is 6.03 Å². The van der Waals surface area contributed by atoms with Crippen molar-refractivity contribution in [1.82, 2.24) is 15.8 Å². The molecule has 0 fully saturated rings. The average Bonchev–Trinajstić information content (AvgIpc) is 2.27. The lowest BCUT2D eigenvalue weighted by Gasteiger charge is -2.06. The molecule has 1 aromatic heterocycles. The monoisotopic (exact) mass is 208 g/mol. The molecule has 1 aromatic rings. The van der Waals surface area contributed by atoms with E-state index < -0.39 is 6.03 Å². The second-order valence-corrected chi connectivity index (χ2v) is 2.70. The van der Waals surface area contributed by atoms with Gasteiger partial charge in [0.25, 0.3) is 0 Å². The minimum Gasteiger partial charge on any atom is -0.291 e. The highest BCUT2D eigenvalue weighted by Crippen LogP contribution is 1.98. The van der Waals surface area contributed by atoms with Gasteiger partial charge in [-0.25, -0.2) is 15.2 Å². The number of rotatable bonds is 2. The van der Waals surface area contributed by atoms with E-state index in [0.29, 0.717) is 12.2 Å². The van der Waals surface area contributed by atoms with Crippen LogP contribution in [-0.4, -0.2) is 16.9 Å². The van der Waals surface area contributed by atoms with Crippen molar-refractivity contribution in [2.75, 3.05) is 5.32 Å². The third-order valence-electron chi connectivity index (χ3n) is 1.54.